The molecule has 1 aliphatic rings. The van der Waals surface area contributed by atoms with Gasteiger partial charge in [-0.3, -0.25) is 9.63 Å². The predicted molar refractivity (Wildman–Crippen MR) is 65.0 cm³/mol. The maximum atomic E-state index is 11.6. The summed E-state index contributed by atoms with van der Waals surface area (Å²) >= 11 is 0. The molecule has 1 unspecified atom stereocenters. The van der Waals surface area contributed by atoms with Gasteiger partial charge in [0.05, 0.1) is 6.61 Å². The highest BCUT2D eigenvalue weighted by atomic mass is 16.7. The zero-order valence-electron chi connectivity index (χ0n) is 10.1. The number of hydrogen-bond donors (Lipinski definition) is 1. The smallest absolute Gasteiger partial charge is 0.239 e. The summed E-state index contributed by atoms with van der Waals surface area (Å²) in [5.41, 5.74) is 1.15. The second kappa shape index (κ2) is 5.80. The molecule has 1 N–H and O–H groups in total. The Morgan fingerprint density at radius 1 is 1.41 bits per heavy atom. The number of amides is 1. The molecule has 4 heteroatoms. The third-order valence-corrected chi connectivity index (χ3v) is 2.84. The molecule has 0 aliphatic carbocycles. The maximum absolute atomic E-state index is 11.6. The van der Waals surface area contributed by atoms with E-state index in [1.165, 1.54) is 0 Å². The summed E-state index contributed by atoms with van der Waals surface area (Å²) in [5, 5.41) is 4.62. The van der Waals surface area contributed by atoms with Gasteiger partial charge in [-0.1, -0.05) is 30.3 Å². The van der Waals surface area contributed by atoms with Gasteiger partial charge in [0.25, 0.3) is 0 Å². The van der Waals surface area contributed by atoms with Gasteiger partial charge in [-0.2, -0.15) is 5.06 Å². The van der Waals surface area contributed by atoms with Crippen LogP contribution in [0.4, 0.5) is 0 Å². The molecule has 1 saturated heterocycles. The fourth-order valence-electron chi connectivity index (χ4n) is 2.03. The van der Waals surface area contributed by atoms with Crippen LogP contribution in [0.15, 0.2) is 30.3 Å². The zero-order chi connectivity index (χ0) is 12.1. The van der Waals surface area contributed by atoms with E-state index in [1.54, 1.807) is 5.06 Å². The largest absolute Gasteiger partial charge is 0.355 e. The average Bonchev–Trinajstić information content (AvgIpc) is 2.76. The molecule has 92 valence electrons. The van der Waals surface area contributed by atoms with Crippen molar-refractivity contribution in [1.82, 2.24) is 10.4 Å². The molecule has 0 radical (unpaired) electrons. The quantitative estimate of drug-likeness (QED) is 0.781. The van der Waals surface area contributed by atoms with Gasteiger partial charge >= 0.3 is 0 Å². The van der Waals surface area contributed by atoms with E-state index in [-0.39, 0.29) is 11.9 Å². The van der Waals surface area contributed by atoms with Gasteiger partial charge in [-0.05, 0) is 18.9 Å². The van der Waals surface area contributed by atoms with Gasteiger partial charge in [0, 0.05) is 13.1 Å². The summed E-state index contributed by atoms with van der Waals surface area (Å²) in [6.45, 7) is 3.90. The Bertz CT molecular complexity index is 367. The molecule has 0 bridgehead atoms. The standard InChI is InChI=1S/C13H18N2O2/c1-2-17-15(12-8-9-14-13(12)16)10-11-6-4-3-5-7-11/h3-7,12H,2,8-10H2,1H3,(H,14,16). The van der Waals surface area contributed by atoms with E-state index in [9.17, 15) is 4.79 Å². The molecule has 1 fully saturated rings. The van der Waals surface area contributed by atoms with E-state index < -0.39 is 0 Å². The fourth-order valence-corrected chi connectivity index (χ4v) is 2.03. The molecule has 1 aliphatic heterocycles. The highest BCUT2D eigenvalue weighted by molar-refractivity contribution is 5.83. The third-order valence-electron chi connectivity index (χ3n) is 2.84. The number of carbonyl (C=O) groups excluding carboxylic acids is 1. The Balaban J connectivity index is 2.04. The number of rotatable bonds is 5. The van der Waals surface area contributed by atoms with Crippen LogP contribution in [0.25, 0.3) is 0 Å². The predicted octanol–water partition coefficient (Wildman–Crippen LogP) is 1.33. The number of carbonyl (C=O) groups is 1. The average molecular weight is 234 g/mol. The second-order valence-corrected chi connectivity index (χ2v) is 4.07. The lowest BCUT2D eigenvalue weighted by Gasteiger charge is -2.25. The molecule has 0 spiro atoms. The number of nitrogens with one attached hydrogen (secondary N) is 1. The highest BCUT2D eigenvalue weighted by Gasteiger charge is 2.30. The number of hydroxylamine groups is 2. The van der Waals surface area contributed by atoms with E-state index in [1.807, 2.05) is 37.3 Å². The van der Waals surface area contributed by atoms with Crippen LogP contribution in [0.3, 0.4) is 0 Å². The maximum Gasteiger partial charge on any atom is 0.239 e. The lowest BCUT2D eigenvalue weighted by atomic mass is 10.2. The van der Waals surface area contributed by atoms with Crippen molar-refractivity contribution in [2.45, 2.75) is 25.9 Å². The van der Waals surface area contributed by atoms with Gasteiger partial charge in [0.2, 0.25) is 5.91 Å². The van der Waals surface area contributed by atoms with Crippen molar-refractivity contribution >= 4 is 5.91 Å². The van der Waals surface area contributed by atoms with Crippen LogP contribution in [0.5, 0.6) is 0 Å². The van der Waals surface area contributed by atoms with Gasteiger partial charge in [0.15, 0.2) is 0 Å². The van der Waals surface area contributed by atoms with Crippen LogP contribution < -0.4 is 5.32 Å². The first-order valence-electron chi connectivity index (χ1n) is 6.02. The Kier molecular flexibility index (Phi) is 4.12. The summed E-state index contributed by atoms with van der Waals surface area (Å²) in [6, 6.07) is 9.90. The van der Waals surface area contributed by atoms with E-state index in [0.29, 0.717) is 13.2 Å². The van der Waals surface area contributed by atoms with E-state index in [4.69, 9.17) is 4.84 Å². The first-order chi connectivity index (χ1) is 8.31. The van der Waals surface area contributed by atoms with Crippen molar-refractivity contribution in [3.05, 3.63) is 35.9 Å². The molecule has 0 saturated carbocycles. The Hall–Kier alpha value is -1.39. The van der Waals surface area contributed by atoms with Crippen molar-refractivity contribution in [2.24, 2.45) is 0 Å². The van der Waals surface area contributed by atoms with Crippen molar-refractivity contribution in [3.8, 4) is 0 Å². The third kappa shape index (κ3) is 3.05. The summed E-state index contributed by atoms with van der Waals surface area (Å²) in [4.78, 5) is 17.2. The minimum atomic E-state index is -0.157. The normalized spacial score (nSPS) is 19.6. The zero-order valence-corrected chi connectivity index (χ0v) is 10.1. The molecule has 1 aromatic carbocycles. The molecule has 1 atom stereocenters. The van der Waals surface area contributed by atoms with Gasteiger partial charge in [-0.25, -0.2) is 0 Å². The van der Waals surface area contributed by atoms with Crippen LogP contribution in [0, 0.1) is 0 Å². The number of hydrogen-bond acceptors (Lipinski definition) is 3. The summed E-state index contributed by atoms with van der Waals surface area (Å²) in [6.07, 6.45) is 0.811. The Morgan fingerprint density at radius 2 is 2.18 bits per heavy atom. The molecule has 4 nitrogen and oxygen atoms in total. The molecular formula is C13H18N2O2. The molecule has 1 amide bonds. The molecule has 1 aromatic rings. The van der Waals surface area contributed by atoms with Gasteiger partial charge in [-0.15, -0.1) is 0 Å². The molecule has 1 heterocycles. The van der Waals surface area contributed by atoms with Crippen LogP contribution in [-0.2, 0) is 16.2 Å². The fraction of sp³-hybridized carbons (Fsp3) is 0.462. The van der Waals surface area contributed by atoms with Crippen molar-refractivity contribution in [1.29, 1.82) is 0 Å². The van der Waals surface area contributed by atoms with Crippen molar-refractivity contribution in [2.75, 3.05) is 13.2 Å². The highest BCUT2D eigenvalue weighted by Crippen LogP contribution is 2.14. The first kappa shape index (κ1) is 12.1. The minimum Gasteiger partial charge on any atom is -0.355 e. The molecule has 0 aromatic heterocycles. The lowest BCUT2D eigenvalue weighted by Crippen LogP contribution is -2.40. The molecule has 2 rings (SSSR count). The van der Waals surface area contributed by atoms with Crippen molar-refractivity contribution in [3.63, 3.8) is 0 Å². The van der Waals surface area contributed by atoms with Crippen LogP contribution >= 0.6 is 0 Å². The Labute approximate surface area is 102 Å². The number of nitrogens with zero attached hydrogens (tertiary/aromatic N) is 1. The van der Waals surface area contributed by atoms with Crippen LogP contribution in [-0.4, -0.2) is 30.2 Å². The van der Waals surface area contributed by atoms with Crippen LogP contribution in [0.2, 0.25) is 0 Å². The SMILES string of the molecule is CCON(Cc1ccccc1)C1CCNC1=O. The van der Waals surface area contributed by atoms with Crippen LogP contribution in [0.1, 0.15) is 18.9 Å². The number of benzene rings is 1. The van der Waals surface area contributed by atoms with E-state index in [0.717, 1.165) is 18.5 Å². The molecule has 17 heavy (non-hydrogen) atoms. The summed E-state index contributed by atoms with van der Waals surface area (Å²) in [5.74, 6) is 0.0642. The summed E-state index contributed by atoms with van der Waals surface area (Å²) in [7, 11) is 0. The summed E-state index contributed by atoms with van der Waals surface area (Å²) < 4.78 is 0. The Morgan fingerprint density at radius 3 is 2.76 bits per heavy atom. The van der Waals surface area contributed by atoms with E-state index >= 15 is 0 Å². The topological polar surface area (TPSA) is 41.6 Å². The second-order valence-electron chi connectivity index (χ2n) is 4.07. The first-order valence-corrected chi connectivity index (χ1v) is 6.02. The van der Waals surface area contributed by atoms with Gasteiger partial charge < -0.3 is 5.32 Å². The van der Waals surface area contributed by atoms with Gasteiger partial charge in [0.1, 0.15) is 6.04 Å². The monoisotopic (exact) mass is 234 g/mol. The minimum absolute atomic E-state index is 0.0642. The lowest BCUT2D eigenvalue weighted by molar-refractivity contribution is -0.190. The van der Waals surface area contributed by atoms with Crippen molar-refractivity contribution < 1.29 is 9.63 Å². The molecular weight excluding hydrogens is 216 g/mol. The van der Waals surface area contributed by atoms with E-state index in [2.05, 4.69) is 5.32 Å².